The smallest absolute Gasteiger partial charge is 0.407 e. The lowest BCUT2D eigenvalue weighted by molar-refractivity contribution is -0.139. The van der Waals surface area contributed by atoms with Gasteiger partial charge in [-0.2, -0.15) is 0 Å². The van der Waals surface area contributed by atoms with Crippen LogP contribution in [0.1, 0.15) is 71.1 Å². The van der Waals surface area contributed by atoms with Gasteiger partial charge in [0.15, 0.2) is 11.8 Å². The molecular weight excluding hydrogens is 632 g/mol. The molecule has 0 aromatic carbocycles. The number of alkyl carbamates (subject to hydrolysis) is 1. The number of amides is 8. The van der Waals surface area contributed by atoms with Crippen molar-refractivity contribution in [1.29, 1.82) is 0 Å². The number of carbonyl (C=O) groups is 8. The monoisotopic (exact) mass is 684 g/mol. The molecule has 0 rings (SSSR count). The van der Waals surface area contributed by atoms with E-state index in [1.165, 1.54) is 6.92 Å². The van der Waals surface area contributed by atoms with Crippen LogP contribution in [0.5, 0.6) is 0 Å². The van der Waals surface area contributed by atoms with Gasteiger partial charge in [-0.1, -0.05) is 37.8 Å². The topological polar surface area (TPSA) is 309 Å². The Kier molecular flexibility index (Phi) is 23.1. The predicted molar refractivity (Wildman–Crippen MR) is 174 cm³/mol. The number of methoxy groups -OCH3 is 1. The maximum Gasteiger partial charge on any atom is 0.407 e. The van der Waals surface area contributed by atoms with Gasteiger partial charge in [0.25, 0.3) is 0 Å². The molecule has 0 aliphatic rings. The summed E-state index contributed by atoms with van der Waals surface area (Å²) < 4.78 is 4.58. The summed E-state index contributed by atoms with van der Waals surface area (Å²) in [7, 11) is 1.15. The summed E-state index contributed by atoms with van der Waals surface area (Å²) in [5.74, 6) is -3.94. The van der Waals surface area contributed by atoms with Gasteiger partial charge in [0.05, 0.1) is 7.11 Å². The normalized spacial score (nSPS) is 12.4. The molecule has 0 aliphatic carbocycles. The Morgan fingerprint density at radius 2 is 1.12 bits per heavy atom. The molecule has 19 nitrogen and oxygen atoms in total. The van der Waals surface area contributed by atoms with Crippen molar-refractivity contribution in [2.45, 2.75) is 89.3 Å². The van der Waals surface area contributed by atoms with Crippen LogP contribution in [0.4, 0.5) is 4.79 Å². The van der Waals surface area contributed by atoms with E-state index in [4.69, 9.17) is 22.9 Å². The first-order valence-electron chi connectivity index (χ1n) is 15.9. The number of carbonyl (C=O) groups excluding carboxylic acids is 8. The third-order valence-electron chi connectivity index (χ3n) is 6.92. The van der Waals surface area contributed by atoms with Crippen LogP contribution in [0.25, 0.3) is 11.5 Å². The second kappa shape index (κ2) is 25.6. The van der Waals surface area contributed by atoms with E-state index in [2.05, 4.69) is 31.3 Å². The van der Waals surface area contributed by atoms with E-state index in [9.17, 15) is 38.4 Å². The van der Waals surface area contributed by atoms with Crippen molar-refractivity contribution < 1.29 is 43.1 Å². The van der Waals surface area contributed by atoms with Crippen LogP contribution >= 0.6 is 0 Å². The lowest BCUT2D eigenvalue weighted by Gasteiger charge is -2.23. The molecule has 48 heavy (non-hydrogen) atoms. The van der Waals surface area contributed by atoms with Crippen LogP contribution in [0.3, 0.4) is 0 Å². The van der Waals surface area contributed by atoms with Gasteiger partial charge >= 0.3 is 6.09 Å². The fraction of sp³-hybridized carbons (Fsp3) is 0.724. The van der Waals surface area contributed by atoms with Crippen molar-refractivity contribution in [3.63, 3.8) is 0 Å². The molecule has 0 saturated heterocycles. The Morgan fingerprint density at radius 1 is 0.667 bits per heavy atom. The summed E-state index contributed by atoms with van der Waals surface area (Å²) in [6.07, 6.45) is 2.49. The van der Waals surface area contributed by atoms with Crippen LogP contribution < -0.4 is 38.1 Å². The van der Waals surface area contributed by atoms with Gasteiger partial charge in [-0.25, -0.2) is 4.79 Å². The second-order valence-electron chi connectivity index (χ2n) is 11.1. The third-order valence-corrected chi connectivity index (χ3v) is 6.92. The molecule has 0 spiro atoms. The molecule has 11 N–H and O–H groups in total. The number of hydrogen-bond donors (Lipinski definition) is 7. The van der Waals surface area contributed by atoms with Crippen LogP contribution in [0.15, 0.2) is 0 Å². The van der Waals surface area contributed by atoms with E-state index in [0.29, 0.717) is 45.1 Å². The van der Waals surface area contributed by atoms with Crippen LogP contribution in [0, 0.1) is 0 Å². The summed E-state index contributed by atoms with van der Waals surface area (Å²) in [5.41, 5.74) is 25.2. The van der Waals surface area contributed by atoms with Gasteiger partial charge < -0.3 is 59.2 Å². The minimum atomic E-state index is -1.04. The molecule has 0 radical (unpaired) electrons. The first-order valence-corrected chi connectivity index (χ1v) is 15.9. The first kappa shape index (κ1) is 43.5. The zero-order chi connectivity index (χ0) is 36.5. The summed E-state index contributed by atoms with van der Waals surface area (Å²) >= 11 is 0. The Balaban J connectivity index is 5.13. The molecule has 0 aromatic rings. The molecule has 8 amide bonds. The second-order valence-corrected chi connectivity index (χ2v) is 11.1. The number of unbranched alkanes of at least 4 members (excludes halogenated alkanes) is 3. The zero-order valence-corrected chi connectivity index (χ0v) is 27.8. The molecule has 274 valence electrons. The van der Waals surface area contributed by atoms with Crippen molar-refractivity contribution in [3.05, 3.63) is 11.5 Å². The minimum Gasteiger partial charge on any atom is -0.667 e. The number of ether oxygens (including phenoxy) is 1. The maximum atomic E-state index is 13.1. The molecule has 3 atom stereocenters. The van der Waals surface area contributed by atoms with Gasteiger partial charge in [-0.3, -0.25) is 33.6 Å². The highest BCUT2D eigenvalue weighted by atomic mass is 16.5. The maximum absolute atomic E-state index is 13.1. The van der Waals surface area contributed by atoms with Gasteiger partial charge in [-0.05, 0) is 32.1 Å². The van der Waals surface area contributed by atoms with Crippen molar-refractivity contribution >= 4 is 47.4 Å². The van der Waals surface area contributed by atoms with Gasteiger partial charge in [0, 0.05) is 39.5 Å². The van der Waals surface area contributed by atoms with Crippen molar-refractivity contribution in [3.8, 4) is 0 Å². The molecule has 19 heteroatoms. The zero-order valence-electron chi connectivity index (χ0n) is 27.8. The molecule has 0 heterocycles. The fourth-order valence-electron chi connectivity index (χ4n) is 4.16. The summed E-state index contributed by atoms with van der Waals surface area (Å²) in [4.78, 5) is 96.9. The van der Waals surface area contributed by atoms with Gasteiger partial charge in [0.2, 0.25) is 29.5 Å². The van der Waals surface area contributed by atoms with Crippen LogP contribution in [-0.2, 0) is 38.3 Å². The predicted octanol–water partition coefficient (Wildman–Crippen LogP) is -1.26. The molecule has 0 aliphatic heterocycles. The Labute approximate surface area is 280 Å². The number of primary amides is 2. The van der Waals surface area contributed by atoms with Gasteiger partial charge in [0.1, 0.15) is 19.1 Å². The quantitative estimate of drug-likeness (QED) is 0.0534. The van der Waals surface area contributed by atoms with E-state index in [0.717, 1.165) is 12.0 Å². The highest BCUT2D eigenvalue weighted by Crippen LogP contribution is 2.05. The van der Waals surface area contributed by atoms with E-state index in [1.807, 2.05) is 0 Å². The fourth-order valence-corrected chi connectivity index (χ4v) is 4.16. The minimum absolute atomic E-state index is 0.162. The molecule has 0 fully saturated rings. The third kappa shape index (κ3) is 22.1. The first-order chi connectivity index (χ1) is 22.7. The van der Waals surface area contributed by atoms with Gasteiger partial charge in [-0.15, -0.1) is 0 Å². The number of nitrogens with zero attached hydrogens (tertiary/aromatic N) is 1. The van der Waals surface area contributed by atoms with E-state index >= 15 is 0 Å². The lowest BCUT2D eigenvalue weighted by Crippen LogP contribution is -2.49. The largest absolute Gasteiger partial charge is 0.667 e. The Hall–Kier alpha value is -4.52. The van der Waals surface area contributed by atoms with Crippen molar-refractivity contribution in [2.24, 2.45) is 11.5 Å². The highest BCUT2D eigenvalue weighted by Gasteiger charge is 2.23. The summed E-state index contributed by atoms with van der Waals surface area (Å²) in [6, 6.07) is -3.05. The molecule has 0 saturated carbocycles. The average Bonchev–Trinajstić information content (AvgIpc) is 3.02. The van der Waals surface area contributed by atoms with E-state index < -0.39 is 72.8 Å². The van der Waals surface area contributed by atoms with Crippen molar-refractivity contribution in [1.82, 2.24) is 31.5 Å². The van der Waals surface area contributed by atoms with E-state index in [1.54, 1.807) is 0 Å². The number of hydrogen-bond acceptors (Lipinski definition) is 9. The van der Waals surface area contributed by atoms with Crippen molar-refractivity contribution in [2.75, 3.05) is 46.4 Å². The average molecular weight is 685 g/mol. The number of nitrogens with two attached hydrogens (primary N) is 2. The molecular formula is C29H52N10O9-2. The molecule has 0 bridgehead atoms. The van der Waals surface area contributed by atoms with Crippen LogP contribution in [0.2, 0.25) is 0 Å². The molecule has 2 unspecified atom stereocenters. The Bertz CT molecular complexity index is 1030. The van der Waals surface area contributed by atoms with Crippen LogP contribution in [-0.4, -0.2) is 117 Å². The van der Waals surface area contributed by atoms with E-state index in [-0.39, 0.29) is 51.2 Å². The number of nitrogens with one attached hydrogen (secondary N) is 7. The summed E-state index contributed by atoms with van der Waals surface area (Å²) in [6.45, 7) is 1.12. The molecule has 0 aromatic heterocycles. The Morgan fingerprint density at radius 3 is 1.56 bits per heavy atom. The number of rotatable bonds is 26. The lowest BCUT2D eigenvalue weighted by atomic mass is 10.1. The highest BCUT2D eigenvalue weighted by molar-refractivity contribution is 5.90. The SMILES string of the molecule is COC(=O)N[C@@H](CCCCNC(C)=O)C(=O)NCCC(=O)N(CC(=O)NCCCCC([NH-])C(N)=O)CC(=O)NCCCCC([NH-])C(N)=O. The standard InChI is InChI=1S/C29H52N10O9/c1-19(40)34-13-8-5-11-22(38-29(47)48-2)28(46)37-16-12-25(43)39(17-23(41)35-14-6-3-9-20(30)26(32)44)18-24(42)36-15-7-4-10-21(31)27(33)45/h20-22,30-31H,3-18H2,1-2H3,(H2,32,44)(H2,33,45)(H,34,40)(H,35,41)(H,36,42)(H,37,46)(H,38,47)/q-2/t20?,21?,22-/m0/s1. The summed E-state index contributed by atoms with van der Waals surface area (Å²) in [5, 5.41) is 12.9.